The summed E-state index contributed by atoms with van der Waals surface area (Å²) < 4.78 is 11.8. The van der Waals surface area contributed by atoms with Crippen molar-refractivity contribution in [1.82, 2.24) is 14.8 Å². The summed E-state index contributed by atoms with van der Waals surface area (Å²) >= 11 is 0. The van der Waals surface area contributed by atoms with Crippen molar-refractivity contribution in [3.8, 4) is 11.6 Å². The number of carbonyl (C=O) groups excluding carboxylic acids is 1. The fourth-order valence-corrected chi connectivity index (χ4v) is 4.65. The number of aliphatic hydroxyl groups excluding tert-OH is 1. The largest absolute Gasteiger partial charge is 0.484 e. The molecule has 152 valence electrons. The SMILES string of the molecule is O=C(CO)N1C[C@@H]2CC[C@H]1CN2Cc1ccc(C2COc3cccnc3O2)cc1. The molecule has 1 aromatic carbocycles. The van der Waals surface area contributed by atoms with Gasteiger partial charge in [-0.15, -0.1) is 0 Å². The van der Waals surface area contributed by atoms with E-state index in [-0.39, 0.29) is 18.1 Å². The Kier molecular flexibility index (Phi) is 4.85. The number of benzene rings is 1. The summed E-state index contributed by atoms with van der Waals surface area (Å²) in [6, 6.07) is 12.8. The second-order valence-corrected chi connectivity index (χ2v) is 7.98. The molecule has 2 aromatic rings. The van der Waals surface area contributed by atoms with Crippen LogP contribution >= 0.6 is 0 Å². The van der Waals surface area contributed by atoms with Crippen LogP contribution in [0.3, 0.4) is 0 Å². The molecule has 6 rings (SSSR count). The van der Waals surface area contributed by atoms with E-state index < -0.39 is 6.61 Å². The molecule has 0 spiro atoms. The average molecular weight is 395 g/mol. The Morgan fingerprint density at radius 1 is 1.14 bits per heavy atom. The maximum atomic E-state index is 11.9. The van der Waals surface area contributed by atoms with Gasteiger partial charge in [0, 0.05) is 37.9 Å². The summed E-state index contributed by atoms with van der Waals surface area (Å²) in [6.45, 7) is 2.55. The van der Waals surface area contributed by atoms with Crippen LogP contribution in [0.5, 0.6) is 11.6 Å². The van der Waals surface area contributed by atoms with Crippen molar-refractivity contribution in [2.24, 2.45) is 0 Å². The molecular weight excluding hydrogens is 370 g/mol. The van der Waals surface area contributed by atoms with Crippen LogP contribution in [0.2, 0.25) is 0 Å². The first-order valence-corrected chi connectivity index (χ1v) is 10.2. The fraction of sp³-hybridized carbons (Fsp3) is 0.455. The molecule has 1 unspecified atom stereocenters. The lowest BCUT2D eigenvalue weighted by Gasteiger charge is -2.51. The molecule has 4 aliphatic rings. The second-order valence-electron chi connectivity index (χ2n) is 7.98. The van der Waals surface area contributed by atoms with Crippen LogP contribution in [0, 0.1) is 0 Å². The Morgan fingerprint density at radius 3 is 2.72 bits per heavy atom. The predicted octanol–water partition coefficient (Wildman–Crippen LogP) is 1.76. The highest BCUT2D eigenvalue weighted by Crippen LogP contribution is 2.34. The predicted molar refractivity (Wildman–Crippen MR) is 106 cm³/mol. The van der Waals surface area contributed by atoms with E-state index in [4.69, 9.17) is 9.47 Å². The summed E-state index contributed by atoms with van der Waals surface area (Å²) in [7, 11) is 0. The number of hydrogen-bond acceptors (Lipinski definition) is 6. The molecule has 4 aliphatic heterocycles. The highest BCUT2D eigenvalue weighted by atomic mass is 16.6. The lowest BCUT2D eigenvalue weighted by Crippen LogP contribution is -2.63. The van der Waals surface area contributed by atoms with Gasteiger partial charge in [-0.2, -0.15) is 0 Å². The Bertz CT molecular complexity index is 888. The molecule has 7 nitrogen and oxygen atoms in total. The van der Waals surface area contributed by atoms with E-state index in [2.05, 4.69) is 34.1 Å². The number of ether oxygens (including phenoxy) is 2. The Labute approximate surface area is 169 Å². The maximum Gasteiger partial charge on any atom is 0.257 e. The highest BCUT2D eigenvalue weighted by Gasteiger charge is 2.40. The molecule has 7 heteroatoms. The fourth-order valence-electron chi connectivity index (χ4n) is 4.65. The molecule has 3 atom stereocenters. The summed E-state index contributed by atoms with van der Waals surface area (Å²) in [5, 5.41) is 9.18. The quantitative estimate of drug-likeness (QED) is 0.850. The van der Waals surface area contributed by atoms with Crippen LogP contribution in [0.4, 0.5) is 0 Å². The van der Waals surface area contributed by atoms with Gasteiger partial charge in [0.1, 0.15) is 13.2 Å². The number of aliphatic hydroxyl groups is 1. The van der Waals surface area contributed by atoms with Crippen molar-refractivity contribution < 1.29 is 19.4 Å². The van der Waals surface area contributed by atoms with Crippen molar-refractivity contribution in [2.75, 3.05) is 26.3 Å². The zero-order valence-corrected chi connectivity index (χ0v) is 16.2. The van der Waals surface area contributed by atoms with Crippen molar-refractivity contribution in [3.63, 3.8) is 0 Å². The molecule has 1 aromatic heterocycles. The van der Waals surface area contributed by atoms with Gasteiger partial charge in [-0.1, -0.05) is 24.3 Å². The van der Waals surface area contributed by atoms with Gasteiger partial charge in [0.15, 0.2) is 11.9 Å². The number of aromatic nitrogens is 1. The van der Waals surface area contributed by atoms with Gasteiger partial charge in [0.2, 0.25) is 5.91 Å². The number of piperazine rings is 1. The summed E-state index contributed by atoms with van der Waals surface area (Å²) in [4.78, 5) is 20.5. The van der Waals surface area contributed by atoms with E-state index in [1.54, 1.807) is 6.20 Å². The van der Waals surface area contributed by atoms with Crippen LogP contribution in [0.15, 0.2) is 42.6 Å². The number of rotatable bonds is 4. The second kappa shape index (κ2) is 7.65. The van der Waals surface area contributed by atoms with Crippen LogP contribution in [0.1, 0.15) is 30.1 Å². The van der Waals surface area contributed by atoms with E-state index >= 15 is 0 Å². The minimum absolute atomic E-state index is 0.144. The first-order chi connectivity index (χ1) is 14.2. The van der Waals surface area contributed by atoms with Crippen molar-refractivity contribution in [2.45, 2.75) is 37.6 Å². The van der Waals surface area contributed by atoms with Crippen LogP contribution < -0.4 is 9.47 Å². The number of hydrogen-bond donors (Lipinski definition) is 1. The number of amides is 1. The monoisotopic (exact) mass is 395 g/mol. The molecule has 0 radical (unpaired) electrons. The van der Waals surface area contributed by atoms with Gasteiger partial charge in [-0.25, -0.2) is 4.98 Å². The molecule has 0 aliphatic carbocycles. The summed E-state index contributed by atoms with van der Waals surface area (Å²) in [5.74, 6) is 1.09. The minimum Gasteiger partial charge on any atom is -0.484 e. The maximum absolute atomic E-state index is 11.9. The van der Waals surface area contributed by atoms with E-state index in [0.29, 0.717) is 24.3 Å². The molecule has 3 saturated heterocycles. The number of fused-ring (bicyclic) bond motifs is 4. The molecule has 0 saturated carbocycles. The van der Waals surface area contributed by atoms with E-state index in [9.17, 15) is 9.90 Å². The average Bonchev–Trinajstić information content (AvgIpc) is 2.79. The van der Waals surface area contributed by atoms with Gasteiger partial charge < -0.3 is 19.5 Å². The van der Waals surface area contributed by atoms with Gasteiger partial charge >= 0.3 is 0 Å². The standard InChI is InChI=1S/C22H25N3O4/c26-13-21(27)25-12-17-7-8-18(25)11-24(17)10-15-3-5-16(6-4-15)20-14-28-19-2-1-9-23-22(19)29-20/h1-6,9,17-18,20,26H,7-8,10-14H2/t17-,18-,20?/m0/s1. The summed E-state index contributed by atoms with van der Waals surface area (Å²) in [6.07, 6.45) is 3.68. The number of carbonyl (C=O) groups is 1. The Balaban J connectivity index is 1.23. The van der Waals surface area contributed by atoms with Crippen molar-refractivity contribution >= 4 is 5.91 Å². The highest BCUT2D eigenvalue weighted by molar-refractivity contribution is 5.77. The smallest absolute Gasteiger partial charge is 0.257 e. The Hall–Kier alpha value is -2.64. The minimum atomic E-state index is -0.391. The molecule has 3 fully saturated rings. The zero-order chi connectivity index (χ0) is 19.8. The van der Waals surface area contributed by atoms with E-state index in [0.717, 1.165) is 38.0 Å². The van der Waals surface area contributed by atoms with Gasteiger partial charge in [-0.3, -0.25) is 9.69 Å². The van der Waals surface area contributed by atoms with Crippen LogP contribution in [-0.2, 0) is 11.3 Å². The molecule has 29 heavy (non-hydrogen) atoms. The lowest BCUT2D eigenvalue weighted by atomic mass is 9.90. The number of nitrogens with zero attached hydrogens (tertiary/aromatic N) is 3. The van der Waals surface area contributed by atoms with Crippen LogP contribution in [-0.4, -0.2) is 64.2 Å². The van der Waals surface area contributed by atoms with Crippen molar-refractivity contribution in [1.29, 1.82) is 0 Å². The third-order valence-corrected chi connectivity index (χ3v) is 6.22. The molecular formula is C22H25N3O4. The molecule has 2 bridgehead atoms. The van der Waals surface area contributed by atoms with Crippen molar-refractivity contribution in [3.05, 3.63) is 53.7 Å². The number of piperidine rings is 2. The third kappa shape index (κ3) is 3.56. The molecule has 1 N–H and O–H groups in total. The first-order valence-electron chi connectivity index (χ1n) is 10.2. The van der Waals surface area contributed by atoms with E-state index in [1.807, 2.05) is 17.0 Å². The van der Waals surface area contributed by atoms with Crippen LogP contribution in [0.25, 0.3) is 0 Å². The molecule has 5 heterocycles. The Morgan fingerprint density at radius 2 is 1.97 bits per heavy atom. The van der Waals surface area contributed by atoms with Gasteiger partial charge in [0.05, 0.1) is 0 Å². The topological polar surface area (TPSA) is 75.1 Å². The zero-order valence-electron chi connectivity index (χ0n) is 16.2. The third-order valence-electron chi connectivity index (χ3n) is 6.22. The summed E-state index contributed by atoms with van der Waals surface area (Å²) in [5.41, 5.74) is 2.32. The van der Waals surface area contributed by atoms with Gasteiger partial charge in [0.25, 0.3) is 5.88 Å². The normalized spacial score (nSPS) is 25.8. The van der Waals surface area contributed by atoms with E-state index in [1.165, 1.54) is 5.56 Å². The number of pyridine rings is 1. The first kappa shape index (κ1) is 18.4. The lowest BCUT2D eigenvalue weighted by molar-refractivity contribution is -0.145. The van der Waals surface area contributed by atoms with Gasteiger partial charge in [-0.05, 0) is 36.1 Å². The molecule has 1 amide bonds.